The molecule has 0 saturated carbocycles. The third-order valence-corrected chi connectivity index (χ3v) is 4.06. The van der Waals surface area contributed by atoms with Gasteiger partial charge in [0.05, 0.1) is 19.3 Å². The van der Waals surface area contributed by atoms with Crippen molar-refractivity contribution in [1.29, 1.82) is 0 Å². The summed E-state index contributed by atoms with van der Waals surface area (Å²) in [7, 11) is 0. The predicted octanol–water partition coefficient (Wildman–Crippen LogP) is 1.57. The monoisotopic (exact) mass is 266 g/mol. The van der Waals surface area contributed by atoms with Crippen LogP contribution in [0.2, 0.25) is 0 Å². The Morgan fingerprint density at radius 2 is 2.21 bits per heavy atom. The van der Waals surface area contributed by atoms with Crippen LogP contribution >= 0.6 is 0 Å². The van der Waals surface area contributed by atoms with Gasteiger partial charge >= 0.3 is 0 Å². The Morgan fingerprint density at radius 1 is 1.42 bits per heavy atom. The van der Waals surface area contributed by atoms with E-state index in [1.54, 1.807) is 0 Å². The van der Waals surface area contributed by atoms with E-state index in [1.165, 1.54) is 12.8 Å². The molecule has 0 aromatic carbocycles. The molecule has 1 aliphatic heterocycles. The summed E-state index contributed by atoms with van der Waals surface area (Å²) in [5.74, 6) is 0.939. The Hall–Kier alpha value is -0.870. The van der Waals surface area contributed by atoms with E-state index < -0.39 is 0 Å². The van der Waals surface area contributed by atoms with Gasteiger partial charge in [0.2, 0.25) is 5.91 Å². The van der Waals surface area contributed by atoms with Crippen molar-refractivity contribution in [2.45, 2.75) is 38.6 Å². The zero-order chi connectivity index (χ0) is 13.5. The lowest BCUT2D eigenvalue weighted by Crippen LogP contribution is -2.51. The van der Waals surface area contributed by atoms with Gasteiger partial charge in [-0.15, -0.1) is 0 Å². The number of carbonyl (C=O) groups excluding carboxylic acids is 1. The molecule has 2 rings (SSSR count). The Balaban J connectivity index is 1.77. The number of hydrogen-bond donors (Lipinski definition) is 1. The van der Waals surface area contributed by atoms with Gasteiger partial charge in [0.15, 0.2) is 0 Å². The van der Waals surface area contributed by atoms with Crippen molar-refractivity contribution >= 4 is 5.91 Å². The molecule has 1 fully saturated rings. The fourth-order valence-corrected chi connectivity index (χ4v) is 2.76. The topological polar surface area (TPSA) is 41.6 Å². The molecule has 0 aromatic rings. The fourth-order valence-electron chi connectivity index (χ4n) is 2.76. The highest BCUT2D eigenvalue weighted by Crippen LogP contribution is 2.17. The SMILES string of the molecule is CC[C@H](NC[C@H]1CC=CCC1)C(=O)N1CCOCC1. The molecule has 1 heterocycles. The zero-order valence-corrected chi connectivity index (χ0v) is 11.9. The van der Waals surface area contributed by atoms with Crippen LogP contribution in [0.15, 0.2) is 12.2 Å². The van der Waals surface area contributed by atoms with Crippen molar-refractivity contribution in [1.82, 2.24) is 10.2 Å². The highest BCUT2D eigenvalue weighted by Gasteiger charge is 2.24. The molecule has 2 aliphatic rings. The number of ether oxygens (including phenoxy) is 1. The van der Waals surface area contributed by atoms with Crippen molar-refractivity contribution in [3.8, 4) is 0 Å². The maximum Gasteiger partial charge on any atom is 0.239 e. The van der Waals surface area contributed by atoms with E-state index in [-0.39, 0.29) is 11.9 Å². The van der Waals surface area contributed by atoms with E-state index in [0.717, 1.165) is 32.5 Å². The molecule has 2 atom stereocenters. The van der Waals surface area contributed by atoms with Crippen molar-refractivity contribution in [3.05, 3.63) is 12.2 Å². The van der Waals surface area contributed by atoms with Gasteiger partial charge in [-0.25, -0.2) is 0 Å². The molecule has 19 heavy (non-hydrogen) atoms. The van der Waals surface area contributed by atoms with Gasteiger partial charge in [-0.1, -0.05) is 19.1 Å². The number of nitrogens with zero attached hydrogens (tertiary/aromatic N) is 1. The number of carbonyl (C=O) groups is 1. The maximum atomic E-state index is 12.4. The molecule has 108 valence electrons. The summed E-state index contributed by atoms with van der Waals surface area (Å²) in [5.41, 5.74) is 0. The summed E-state index contributed by atoms with van der Waals surface area (Å²) in [5, 5.41) is 3.47. The van der Waals surface area contributed by atoms with Gasteiger partial charge in [-0.3, -0.25) is 4.79 Å². The molecular formula is C15H26N2O2. The van der Waals surface area contributed by atoms with Crippen LogP contribution in [0.3, 0.4) is 0 Å². The molecule has 0 unspecified atom stereocenters. The summed E-state index contributed by atoms with van der Waals surface area (Å²) < 4.78 is 5.30. The van der Waals surface area contributed by atoms with E-state index in [1.807, 2.05) is 4.90 Å². The van der Waals surface area contributed by atoms with Crippen LogP contribution in [0.25, 0.3) is 0 Å². The van der Waals surface area contributed by atoms with E-state index >= 15 is 0 Å². The van der Waals surface area contributed by atoms with Crippen molar-refractivity contribution in [2.24, 2.45) is 5.92 Å². The largest absolute Gasteiger partial charge is 0.378 e. The lowest BCUT2D eigenvalue weighted by Gasteiger charge is -2.31. The van der Waals surface area contributed by atoms with E-state index in [9.17, 15) is 4.79 Å². The first-order valence-electron chi connectivity index (χ1n) is 7.56. The maximum absolute atomic E-state index is 12.4. The molecular weight excluding hydrogens is 240 g/mol. The summed E-state index contributed by atoms with van der Waals surface area (Å²) in [6.07, 6.45) is 8.95. The molecule has 0 aromatic heterocycles. The molecule has 4 nitrogen and oxygen atoms in total. The van der Waals surface area contributed by atoms with E-state index in [4.69, 9.17) is 4.74 Å². The van der Waals surface area contributed by atoms with E-state index in [2.05, 4.69) is 24.4 Å². The second kappa shape index (κ2) is 7.65. The Kier molecular flexibility index (Phi) is 5.86. The summed E-state index contributed by atoms with van der Waals surface area (Å²) in [6.45, 7) is 5.87. The third kappa shape index (κ3) is 4.32. The zero-order valence-electron chi connectivity index (χ0n) is 11.9. The van der Waals surface area contributed by atoms with Crippen LogP contribution in [0.4, 0.5) is 0 Å². The highest BCUT2D eigenvalue weighted by atomic mass is 16.5. The van der Waals surface area contributed by atoms with Gasteiger partial charge in [0, 0.05) is 13.1 Å². The lowest BCUT2D eigenvalue weighted by atomic mass is 9.94. The lowest BCUT2D eigenvalue weighted by molar-refractivity contribution is -0.137. The first-order valence-corrected chi connectivity index (χ1v) is 7.56. The Labute approximate surface area is 116 Å². The fraction of sp³-hybridized carbons (Fsp3) is 0.800. The standard InChI is InChI=1S/C15H26N2O2/c1-2-14(15(18)17-8-10-19-11-9-17)16-12-13-6-4-3-5-7-13/h3-4,13-14,16H,2,5-12H2,1H3/t13-,14-/m0/s1. The van der Waals surface area contributed by atoms with E-state index in [0.29, 0.717) is 19.1 Å². The van der Waals surface area contributed by atoms with Crippen LogP contribution in [0.5, 0.6) is 0 Å². The summed E-state index contributed by atoms with van der Waals surface area (Å²) in [6, 6.07) is -0.0241. The minimum atomic E-state index is -0.0241. The van der Waals surface area contributed by atoms with Crippen molar-refractivity contribution in [3.63, 3.8) is 0 Å². The molecule has 1 amide bonds. The average Bonchev–Trinajstić information content (AvgIpc) is 2.49. The summed E-state index contributed by atoms with van der Waals surface area (Å²) in [4.78, 5) is 14.3. The second-order valence-corrected chi connectivity index (χ2v) is 5.46. The predicted molar refractivity (Wildman–Crippen MR) is 76.0 cm³/mol. The van der Waals surface area contributed by atoms with Crippen LogP contribution < -0.4 is 5.32 Å². The third-order valence-electron chi connectivity index (χ3n) is 4.06. The molecule has 1 N–H and O–H groups in total. The Bertz CT molecular complexity index is 311. The highest BCUT2D eigenvalue weighted by molar-refractivity contribution is 5.81. The first-order chi connectivity index (χ1) is 9.31. The number of hydrogen-bond acceptors (Lipinski definition) is 3. The molecule has 0 radical (unpaired) electrons. The number of allylic oxidation sites excluding steroid dienone is 2. The number of morpholine rings is 1. The van der Waals surface area contributed by atoms with Crippen molar-refractivity contribution < 1.29 is 9.53 Å². The molecule has 1 saturated heterocycles. The number of rotatable bonds is 5. The quantitative estimate of drug-likeness (QED) is 0.768. The number of nitrogens with one attached hydrogen (secondary N) is 1. The molecule has 1 aliphatic carbocycles. The Morgan fingerprint density at radius 3 is 2.84 bits per heavy atom. The average molecular weight is 266 g/mol. The normalized spacial score (nSPS) is 25.3. The van der Waals surface area contributed by atoms with Crippen LogP contribution in [0.1, 0.15) is 32.6 Å². The number of amides is 1. The molecule has 4 heteroatoms. The van der Waals surface area contributed by atoms with Gasteiger partial charge in [0.25, 0.3) is 0 Å². The smallest absolute Gasteiger partial charge is 0.239 e. The second-order valence-electron chi connectivity index (χ2n) is 5.46. The molecule has 0 bridgehead atoms. The minimum Gasteiger partial charge on any atom is -0.378 e. The first kappa shape index (κ1) is 14.5. The molecule has 0 spiro atoms. The van der Waals surface area contributed by atoms with Gasteiger partial charge in [-0.2, -0.15) is 0 Å². The summed E-state index contributed by atoms with van der Waals surface area (Å²) >= 11 is 0. The van der Waals surface area contributed by atoms with Crippen LogP contribution in [0, 0.1) is 5.92 Å². The van der Waals surface area contributed by atoms with Crippen LogP contribution in [-0.2, 0) is 9.53 Å². The van der Waals surface area contributed by atoms with Crippen LogP contribution in [-0.4, -0.2) is 49.7 Å². The van der Waals surface area contributed by atoms with Gasteiger partial charge in [-0.05, 0) is 38.1 Å². The minimum absolute atomic E-state index is 0.0241. The van der Waals surface area contributed by atoms with Crippen molar-refractivity contribution in [2.75, 3.05) is 32.8 Å². The van der Waals surface area contributed by atoms with Gasteiger partial charge < -0.3 is 15.0 Å². The van der Waals surface area contributed by atoms with Gasteiger partial charge in [0.1, 0.15) is 0 Å².